The molecule has 1 aromatic carbocycles. The summed E-state index contributed by atoms with van der Waals surface area (Å²) in [5.41, 5.74) is 3.01. The van der Waals surface area contributed by atoms with Crippen LogP contribution in [-0.2, 0) is 0 Å². The molecule has 0 amide bonds. The summed E-state index contributed by atoms with van der Waals surface area (Å²) in [6.07, 6.45) is 2.41. The number of aryl methyl sites for hydroxylation is 1. The smallest absolute Gasteiger partial charge is 0.0992 e. The van der Waals surface area contributed by atoms with Gasteiger partial charge in [0.1, 0.15) is 0 Å². The summed E-state index contributed by atoms with van der Waals surface area (Å²) in [5.74, 6) is 0. The third-order valence-corrected chi connectivity index (χ3v) is 3.02. The van der Waals surface area contributed by atoms with Crippen LogP contribution in [-0.4, -0.2) is 19.1 Å². The van der Waals surface area contributed by atoms with Gasteiger partial charge in [-0.25, -0.2) is 0 Å². The fourth-order valence-electron chi connectivity index (χ4n) is 2.04. The van der Waals surface area contributed by atoms with Gasteiger partial charge in [0.25, 0.3) is 0 Å². The van der Waals surface area contributed by atoms with Gasteiger partial charge in [-0.2, -0.15) is 5.26 Å². The molecule has 0 aromatic heterocycles. The Morgan fingerprint density at radius 2 is 2.38 bits per heavy atom. The average Bonchev–Trinajstić information content (AvgIpc) is 2.33. The standard InChI is InChI=1S/C13H17N3/c1-10-4-5-11(8-14)7-13(10)16-12-3-2-6-15-9-12/h4-5,7,12,15-16H,2-3,6,9H2,1H3. The van der Waals surface area contributed by atoms with Gasteiger partial charge >= 0.3 is 0 Å². The van der Waals surface area contributed by atoms with Crippen LogP contribution in [0.1, 0.15) is 24.0 Å². The summed E-state index contributed by atoms with van der Waals surface area (Å²) >= 11 is 0. The maximum Gasteiger partial charge on any atom is 0.0992 e. The zero-order valence-electron chi connectivity index (χ0n) is 9.59. The Labute approximate surface area is 96.5 Å². The van der Waals surface area contributed by atoms with Crippen molar-refractivity contribution in [1.29, 1.82) is 5.26 Å². The van der Waals surface area contributed by atoms with Gasteiger partial charge in [0.15, 0.2) is 0 Å². The first-order chi connectivity index (χ1) is 7.79. The predicted octanol–water partition coefficient (Wildman–Crippen LogP) is 2.03. The van der Waals surface area contributed by atoms with E-state index in [-0.39, 0.29) is 0 Å². The zero-order chi connectivity index (χ0) is 11.4. The van der Waals surface area contributed by atoms with Crippen molar-refractivity contribution in [2.45, 2.75) is 25.8 Å². The summed E-state index contributed by atoms with van der Waals surface area (Å²) < 4.78 is 0. The number of rotatable bonds is 2. The molecule has 1 aromatic rings. The Bertz CT molecular complexity index is 400. The van der Waals surface area contributed by atoms with E-state index in [2.05, 4.69) is 23.6 Å². The highest BCUT2D eigenvalue weighted by Gasteiger charge is 2.13. The summed E-state index contributed by atoms with van der Waals surface area (Å²) in [6, 6.07) is 8.46. The Hall–Kier alpha value is -1.53. The Morgan fingerprint density at radius 3 is 3.06 bits per heavy atom. The molecule has 1 atom stereocenters. The van der Waals surface area contributed by atoms with Crippen molar-refractivity contribution < 1.29 is 0 Å². The van der Waals surface area contributed by atoms with Crippen molar-refractivity contribution in [3.63, 3.8) is 0 Å². The monoisotopic (exact) mass is 215 g/mol. The molecule has 1 heterocycles. The lowest BCUT2D eigenvalue weighted by atomic mass is 10.1. The van der Waals surface area contributed by atoms with E-state index in [4.69, 9.17) is 5.26 Å². The molecule has 3 heteroatoms. The van der Waals surface area contributed by atoms with Crippen molar-refractivity contribution in [3.05, 3.63) is 29.3 Å². The number of nitriles is 1. The first-order valence-corrected chi connectivity index (χ1v) is 5.77. The zero-order valence-corrected chi connectivity index (χ0v) is 9.59. The van der Waals surface area contributed by atoms with Crippen LogP contribution in [0.25, 0.3) is 0 Å². The van der Waals surface area contributed by atoms with Crippen molar-refractivity contribution in [2.75, 3.05) is 18.4 Å². The summed E-state index contributed by atoms with van der Waals surface area (Å²) in [4.78, 5) is 0. The molecule has 1 fully saturated rings. The second-order valence-corrected chi connectivity index (χ2v) is 4.33. The molecule has 84 valence electrons. The minimum absolute atomic E-state index is 0.487. The van der Waals surface area contributed by atoms with E-state index >= 15 is 0 Å². The lowest BCUT2D eigenvalue weighted by Gasteiger charge is -2.25. The molecule has 1 saturated heterocycles. The summed E-state index contributed by atoms with van der Waals surface area (Å²) in [7, 11) is 0. The Kier molecular flexibility index (Phi) is 3.43. The molecule has 1 unspecified atom stereocenters. The average molecular weight is 215 g/mol. The molecule has 0 aliphatic carbocycles. The molecule has 0 saturated carbocycles. The van der Waals surface area contributed by atoms with Gasteiger partial charge in [-0.1, -0.05) is 6.07 Å². The van der Waals surface area contributed by atoms with Gasteiger partial charge in [-0.15, -0.1) is 0 Å². The predicted molar refractivity (Wildman–Crippen MR) is 65.4 cm³/mol. The lowest BCUT2D eigenvalue weighted by Crippen LogP contribution is -2.38. The maximum absolute atomic E-state index is 8.87. The summed E-state index contributed by atoms with van der Waals surface area (Å²) in [6.45, 7) is 4.20. The van der Waals surface area contributed by atoms with E-state index in [1.54, 1.807) is 0 Å². The number of hydrogen-bond donors (Lipinski definition) is 2. The van der Waals surface area contributed by atoms with Crippen molar-refractivity contribution in [3.8, 4) is 6.07 Å². The van der Waals surface area contributed by atoms with Crippen LogP contribution < -0.4 is 10.6 Å². The molecule has 16 heavy (non-hydrogen) atoms. The van der Waals surface area contributed by atoms with E-state index in [0.717, 1.165) is 24.3 Å². The Morgan fingerprint density at radius 1 is 1.50 bits per heavy atom. The Balaban J connectivity index is 2.10. The molecule has 3 nitrogen and oxygen atoms in total. The number of piperidine rings is 1. The molecular formula is C13H17N3. The van der Waals surface area contributed by atoms with E-state index in [0.29, 0.717) is 6.04 Å². The SMILES string of the molecule is Cc1ccc(C#N)cc1NC1CCCNC1. The van der Waals surface area contributed by atoms with Crippen LogP contribution in [0.2, 0.25) is 0 Å². The van der Waals surface area contributed by atoms with Gasteiger partial charge < -0.3 is 10.6 Å². The lowest BCUT2D eigenvalue weighted by molar-refractivity contribution is 0.480. The maximum atomic E-state index is 8.87. The molecule has 2 rings (SSSR count). The fourth-order valence-corrected chi connectivity index (χ4v) is 2.04. The quantitative estimate of drug-likeness (QED) is 0.793. The fraction of sp³-hybridized carbons (Fsp3) is 0.462. The second kappa shape index (κ2) is 5.00. The number of benzene rings is 1. The molecule has 0 spiro atoms. The molecule has 1 aliphatic rings. The third kappa shape index (κ3) is 2.53. The molecule has 0 bridgehead atoms. The minimum Gasteiger partial charge on any atom is -0.381 e. The number of nitrogens with one attached hydrogen (secondary N) is 2. The van der Waals surface area contributed by atoms with E-state index in [1.807, 2.05) is 18.2 Å². The molecule has 2 N–H and O–H groups in total. The van der Waals surface area contributed by atoms with Crippen LogP contribution in [0.15, 0.2) is 18.2 Å². The second-order valence-electron chi connectivity index (χ2n) is 4.33. The topological polar surface area (TPSA) is 47.9 Å². The minimum atomic E-state index is 0.487. The first-order valence-electron chi connectivity index (χ1n) is 5.77. The van der Waals surface area contributed by atoms with E-state index in [1.165, 1.54) is 18.4 Å². The van der Waals surface area contributed by atoms with Crippen LogP contribution in [0.4, 0.5) is 5.69 Å². The third-order valence-electron chi connectivity index (χ3n) is 3.02. The number of anilines is 1. The van der Waals surface area contributed by atoms with Crippen molar-refractivity contribution in [2.24, 2.45) is 0 Å². The highest BCUT2D eigenvalue weighted by Crippen LogP contribution is 2.19. The van der Waals surface area contributed by atoms with Crippen LogP contribution in [0, 0.1) is 18.3 Å². The molecule has 1 aliphatic heterocycles. The largest absolute Gasteiger partial charge is 0.381 e. The van der Waals surface area contributed by atoms with Gasteiger partial charge in [-0.05, 0) is 44.0 Å². The van der Waals surface area contributed by atoms with Gasteiger partial charge in [0.05, 0.1) is 11.6 Å². The first kappa shape index (κ1) is 11.0. The van der Waals surface area contributed by atoms with Crippen molar-refractivity contribution in [1.82, 2.24) is 5.32 Å². The number of nitrogens with zero attached hydrogens (tertiary/aromatic N) is 1. The van der Waals surface area contributed by atoms with Crippen LogP contribution in [0.5, 0.6) is 0 Å². The highest BCUT2D eigenvalue weighted by molar-refractivity contribution is 5.55. The molecule has 0 radical (unpaired) electrons. The van der Waals surface area contributed by atoms with E-state index in [9.17, 15) is 0 Å². The molecular weight excluding hydrogens is 198 g/mol. The number of hydrogen-bond acceptors (Lipinski definition) is 3. The van der Waals surface area contributed by atoms with E-state index < -0.39 is 0 Å². The van der Waals surface area contributed by atoms with Gasteiger partial charge in [-0.3, -0.25) is 0 Å². The van der Waals surface area contributed by atoms with Crippen LogP contribution in [0.3, 0.4) is 0 Å². The highest BCUT2D eigenvalue weighted by atomic mass is 15.0. The van der Waals surface area contributed by atoms with Crippen LogP contribution >= 0.6 is 0 Å². The van der Waals surface area contributed by atoms with Gasteiger partial charge in [0.2, 0.25) is 0 Å². The van der Waals surface area contributed by atoms with Crippen molar-refractivity contribution >= 4 is 5.69 Å². The summed E-state index contributed by atoms with van der Waals surface area (Å²) in [5, 5.41) is 15.8. The van der Waals surface area contributed by atoms with Gasteiger partial charge in [0, 0.05) is 18.3 Å². The normalized spacial score (nSPS) is 20.1.